The molecular formula is C16H29NO4. The van der Waals surface area contributed by atoms with E-state index in [0.29, 0.717) is 5.57 Å². The van der Waals surface area contributed by atoms with Crippen LogP contribution < -0.4 is 5.32 Å². The largest absolute Gasteiger partial charge is 0.458 e. The van der Waals surface area contributed by atoms with E-state index in [1.165, 1.54) is 0 Å². The van der Waals surface area contributed by atoms with Crippen LogP contribution in [0, 0.1) is 5.92 Å². The fourth-order valence-electron chi connectivity index (χ4n) is 1.60. The summed E-state index contributed by atoms with van der Waals surface area (Å²) in [7, 11) is 0. The molecule has 0 radical (unpaired) electrons. The van der Waals surface area contributed by atoms with Crippen molar-refractivity contribution in [2.24, 2.45) is 5.92 Å². The third kappa shape index (κ3) is 9.10. The molecule has 0 saturated heterocycles. The van der Waals surface area contributed by atoms with Gasteiger partial charge in [-0.15, -0.1) is 0 Å². The Morgan fingerprint density at radius 1 is 1.24 bits per heavy atom. The zero-order valence-corrected chi connectivity index (χ0v) is 13.9. The minimum absolute atomic E-state index is 0.0418. The molecule has 0 aromatic carbocycles. The van der Waals surface area contributed by atoms with E-state index in [2.05, 4.69) is 18.8 Å². The van der Waals surface area contributed by atoms with Crippen LogP contribution in [0.15, 0.2) is 12.2 Å². The molecule has 0 saturated carbocycles. The Hall–Kier alpha value is -1.52. The van der Waals surface area contributed by atoms with Crippen molar-refractivity contribution in [1.29, 1.82) is 0 Å². The van der Waals surface area contributed by atoms with Crippen molar-refractivity contribution in [3.8, 4) is 0 Å². The van der Waals surface area contributed by atoms with Crippen LogP contribution in [0.1, 0.15) is 53.9 Å². The van der Waals surface area contributed by atoms with Crippen LogP contribution in [0.2, 0.25) is 0 Å². The summed E-state index contributed by atoms with van der Waals surface area (Å²) < 4.78 is 10.4. The fourth-order valence-corrected chi connectivity index (χ4v) is 1.60. The van der Waals surface area contributed by atoms with E-state index in [9.17, 15) is 9.59 Å². The molecule has 5 nitrogen and oxygen atoms in total. The van der Waals surface area contributed by atoms with Crippen molar-refractivity contribution >= 4 is 12.1 Å². The number of nitrogens with one attached hydrogen (secondary N) is 1. The van der Waals surface area contributed by atoms with E-state index in [1.807, 2.05) is 20.8 Å². The summed E-state index contributed by atoms with van der Waals surface area (Å²) in [5, 5.41) is 2.79. The van der Waals surface area contributed by atoms with Crippen LogP contribution >= 0.6 is 0 Å². The van der Waals surface area contributed by atoms with Gasteiger partial charge in [0.25, 0.3) is 0 Å². The molecule has 0 aliphatic carbocycles. The Labute approximate surface area is 128 Å². The lowest BCUT2D eigenvalue weighted by Gasteiger charge is -2.22. The lowest BCUT2D eigenvalue weighted by atomic mass is 10.1. The highest BCUT2D eigenvalue weighted by molar-refractivity contribution is 5.86. The third-order valence-corrected chi connectivity index (χ3v) is 3.08. The smallest absolute Gasteiger partial charge is 0.407 e. The van der Waals surface area contributed by atoms with E-state index < -0.39 is 18.2 Å². The molecule has 0 bridgehead atoms. The first-order chi connectivity index (χ1) is 9.77. The molecule has 0 aromatic heterocycles. The maximum absolute atomic E-state index is 11.8. The predicted octanol–water partition coefficient (Wildman–Crippen LogP) is 3.44. The molecule has 0 aliphatic heterocycles. The van der Waals surface area contributed by atoms with Gasteiger partial charge in [0.2, 0.25) is 0 Å². The summed E-state index contributed by atoms with van der Waals surface area (Å²) in [5.41, 5.74) is 0.329. The highest BCUT2D eigenvalue weighted by Crippen LogP contribution is 2.09. The number of rotatable bonds is 9. The zero-order chi connectivity index (χ0) is 16.4. The fraction of sp³-hybridized carbons (Fsp3) is 0.750. The molecular weight excluding hydrogens is 270 g/mol. The number of ether oxygens (including phenoxy) is 2. The molecule has 0 heterocycles. The van der Waals surface area contributed by atoms with Crippen molar-refractivity contribution in [1.82, 2.24) is 5.32 Å². The molecule has 1 N–H and O–H groups in total. The van der Waals surface area contributed by atoms with Gasteiger partial charge in [-0.05, 0) is 26.2 Å². The Bertz CT molecular complexity index is 352. The standard InChI is InChI=1S/C16H29NO4/c1-7-8-9-13(6)17-16(19)21-14(11(2)3)10-20-15(18)12(4)5/h11,13-14H,4,7-10H2,1-3,5-6H3,(H,17,19). The Kier molecular flexibility index (Phi) is 9.50. The first kappa shape index (κ1) is 19.5. The molecule has 122 valence electrons. The maximum Gasteiger partial charge on any atom is 0.407 e. The lowest BCUT2D eigenvalue weighted by Crippen LogP contribution is -2.38. The van der Waals surface area contributed by atoms with E-state index in [4.69, 9.17) is 9.47 Å². The van der Waals surface area contributed by atoms with E-state index >= 15 is 0 Å². The van der Waals surface area contributed by atoms with Gasteiger partial charge in [0.05, 0.1) is 0 Å². The Balaban J connectivity index is 4.27. The molecule has 2 unspecified atom stereocenters. The second-order valence-electron chi connectivity index (χ2n) is 5.75. The van der Waals surface area contributed by atoms with Crippen molar-refractivity contribution in [2.75, 3.05) is 6.61 Å². The number of carbonyl (C=O) groups is 2. The summed E-state index contributed by atoms with van der Waals surface area (Å²) in [6.45, 7) is 13.0. The van der Waals surface area contributed by atoms with Gasteiger partial charge in [-0.1, -0.05) is 40.2 Å². The molecule has 1 amide bonds. The summed E-state index contributed by atoms with van der Waals surface area (Å²) in [4.78, 5) is 23.2. The van der Waals surface area contributed by atoms with Crippen molar-refractivity contribution in [3.63, 3.8) is 0 Å². The minimum Gasteiger partial charge on any atom is -0.458 e. The molecule has 0 spiro atoms. The number of hydrogen-bond donors (Lipinski definition) is 1. The number of esters is 1. The van der Waals surface area contributed by atoms with Gasteiger partial charge >= 0.3 is 12.1 Å². The van der Waals surface area contributed by atoms with Gasteiger partial charge in [-0.2, -0.15) is 0 Å². The molecule has 0 rings (SSSR count). The summed E-state index contributed by atoms with van der Waals surface area (Å²) >= 11 is 0. The highest BCUT2D eigenvalue weighted by atomic mass is 16.6. The first-order valence-electron chi connectivity index (χ1n) is 7.57. The summed E-state index contributed by atoms with van der Waals surface area (Å²) in [6.07, 6.45) is 2.13. The average Bonchev–Trinajstić information content (AvgIpc) is 2.40. The maximum atomic E-state index is 11.8. The molecule has 0 aliphatic rings. The van der Waals surface area contributed by atoms with Crippen molar-refractivity contribution in [3.05, 3.63) is 12.2 Å². The van der Waals surface area contributed by atoms with Gasteiger partial charge in [0.15, 0.2) is 0 Å². The Morgan fingerprint density at radius 3 is 2.33 bits per heavy atom. The SMILES string of the molecule is C=C(C)C(=O)OCC(OC(=O)NC(C)CCCC)C(C)C. The van der Waals surface area contributed by atoms with Crippen LogP contribution in [0.25, 0.3) is 0 Å². The van der Waals surface area contributed by atoms with Crippen molar-refractivity contribution < 1.29 is 19.1 Å². The molecule has 2 atom stereocenters. The summed E-state index contributed by atoms with van der Waals surface area (Å²) in [6, 6.07) is 0.0724. The molecule has 0 aromatic rings. The van der Waals surface area contributed by atoms with E-state index in [0.717, 1.165) is 19.3 Å². The topological polar surface area (TPSA) is 64.6 Å². The van der Waals surface area contributed by atoms with Crippen LogP contribution in [-0.2, 0) is 14.3 Å². The first-order valence-corrected chi connectivity index (χ1v) is 7.57. The normalized spacial score (nSPS) is 13.4. The van der Waals surface area contributed by atoms with Gasteiger partial charge < -0.3 is 14.8 Å². The predicted molar refractivity (Wildman–Crippen MR) is 83.0 cm³/mol. The zero-order valence-electron chi connectivity index (χ0n) is 13.9. The Morgan fingerprint density at radius 2 is 1.86 bits per heavy atom. The number of hydrogen-bond acceptors (Lipinski definition) is 4. The third-order valence-electron chi connectivity index (χ3n) is 3.08. The van der Waals surface area contributed by atoms with Crippen molar-refractivity contribution in [2.45, 2.75) is 66.0 Å². The van der Waals surface area contributed by atoms with Gasteiger partial charge in [0.1, 0.15) is 12.7 Å². The van der Waals surface area contributed by atoms with Crippen LogP contribution in [0.5, 0.6) is 0 Å². The van der Waals surface area contributed by atoms with Gasteiger partial charge in [-0.3, -0.25) is 0 Å². The molecule has 0 fully saturated rings. The van der Waals surface area contributed by atoms with Gasteiger partial charge in [-0.25, -0.2) is 9.59 Å². The number of carbonyl (C=O) groups excluding carboxylic acids is 2. The van der Waals surface area contributed by atoms with E-state index in [1.54, 1.807) is 6.92 Å². The number of amides is 1. The second kappa shape index (κ2) is 10.2. The lowest BCUT2D eigenvalue weighted by molar-refractivity contribution is -0.142. The van der Waals surface area contributed by atoms with E-state index in [-0.39, 0.29) is 18.6 Å². The quantitative estimate of drug-likeness (QED) is 0.523. The minimum atomic E-state index is -0.471. The summed E-state index contributed by atoms with van der Waals surface area (Å²) in [5.74, 6) is -0.416. The van der Waals surface area contributed by atoms with Crippen LogP contribution in [0.3, 0.4) is 0 Å². The van der Waals surface area contributed by atoms with Crippen LogP contribution in [0.4, 0.5) is 4.79 Å². The number of unbranched alkanes of at least 4 members (excludes halogenated alkanes) is 1. The average molecular weight is 299 g/mol. The highest BCUT2D eigenvalue weighted by Gasteiger charge is 2.21. The van der Waals surface area contributed by atoms with Gasteiger partial charge in [0, 0.05) is 11.6 Å². The molecule has 5 heteroatoms. The molecule has 21 heavy (non-hydrogen) atoms. The van der Waals surface area contributed by atoms with Crippen LogP contribution in [-0.4, -0.2) is 30.8 Å². The number of alkyl carbamates (subject to hydrolysis) is 1. The monoisotopic (exact) mass is 299 g/mol. The second-order valence-corrected chi connectivity index (χ2v) is 5.75.